The molecule has 13 heteroatoms. The number of esters is 1. The van der Waals surface area contributed by atoms with Gasteiger partial charge in [-0.05, 0) is 62.5 Å². The van der Waals surface area contributed by atoms with Crippen molar-refractivity contribution in [3.8, 4) is 0 Å². The Balaban J connectivity index is 1.79. The molecule has 3 rings (SSSR count). The fourth-order valence-corrected chi connectivity index (χ4v) is 7.58. The molecule has 0 fully saturated rings. The minimum atomic E-state index is -4.06. The smallest absolute Gasteiger partial charge is 0.407 e. The molecule has 3 aromatic carbocycles. The molecule has 50 heavy (non-hydrogen) atoms. The summed E-state index contributed by atoms with van der Waals surface area (Å²) >= 11 is 0. The van der Waals surface area contributed by atoms with E-state index in [0.29, 0.717) is 19.3 Å². The Morgan fingerprint density at radius 1 is 0.860 bits per heavy atom. The van der Waals surface area contributed by atoms with Crippen LogP contribution in [0.4, 0.5) is 10.5 Å². The highest BCUT2D eigenvalue weighted by atomic mass is 32.2. The zero-order valence-corrected chi connectivity index (χ0v) is 30.4. The number of sulfonamides is 1. The molecule has 0 heterocycles. The fourth-order valence-electron chi connectivity index (χ4n) is 5.66. The lowest BCUT2D eigenvalue weighted by molar-refractivity contribution is -0.145. The third kappa shape index (κ3) is 11.9. The molecule has 272 valence electrons. The predicted molar refractivity (Wildman–Crippen MR) is 194 cm³/mol. The third-order valence-electron chi connectivity index (χ3n) is 8.00. The van der Waals surface area contributed by atoms with Gasteiger partial charge in [0.05, 0.1) is 25.4 Å². The van der Waals surface area contributed by atoms with E-state index in [9.17, 15) is 22.8 Å². The zero-order valence-electron chi connectivity index (χ0n) is 29.6. The van der Waals surface area contributed by atoms with E-state index in [4.69, 9.17) is 15.2 Å². The van der Waals surface area contributed by atoms with Gasteiger partial charge in [0.1, 0.15) is 17.5 Å². The average molecular weight is 710 g/mol. The predicted octanol–water partition coefficient (Wildman–Crippen LogP) is 4.23. The van der Waals surface area contributed by atoms with Crippen molar-refractivity contribution in [1.82, 2.24) is 19.8 Å². The highest BCUT2D eigenvalue weighted by molar-refractivity contribution is 7.89. The second-order valence-corrected chi connectivity index (χ2v) is 14.6. The standard InChI is InChI=1S/C37H51N5O7S/c1-27(2)24-42(50(46,47)32-22-13-12-21-31(32)38)30(26-49-33(43)25-41(3)4)20-14-15-23-39-36(44)35(40-37(45)48-5)34(28-16-8-6-9-17-28)29-18-10-7-11-19-29/h6-13,16-19,21-22,27,30,34-35H,14-15,20,23-26,38H2,1-5H3,(H,39,44)(H,40,45)/t30-,35-/m0/s1. The van der Waals surface area contributed by atoms with Gasteiger partial charge < -0.3 is 25.8 Å². The summed E-state index contributed by atoms with van der Waals surface area (Å²) in [6.45, 7) is 4.18. The van der Waals surface area contributed by atoms with Crippen molar-refractivity contribution < 1.29 is 32.3 Å². The van der Waals surface area contributed by atoms with E-state index < -0.39 is 46.0 Å². The highest BCUT2D eigenvalue weighted by Gasteiger charge is 2.35. The van der Waals surface area contributed by atoms with Gasteiger partial charge in [0.15, 0.2) is 0 Å². The molecular formula is C37H51N5O7S. The number of nitrogen functional groups attached to an aromatic ring is 1. The molecule has 0 spiro atoms. The number of carbonyl (C=O) groups excluding carboxylic acids is 3. The largest absolute Gasteiger partial charge is 0.463 e. The van der Waals surface area contributed by atoms with Crippen molar-refractivity contribution in [3.63, 3.8) is 0 Å². The Bertz CT molecular complexity index is 1580. The number of carbonyl (C=O) groups is 3. The summed E-state index contributed by atoms with van der Waals surface area (Å²) in [6.07, 6.45) is 0.604. The summed E-state index contributed by atoms with van der Waals surface area (Å²) in [7, 11) is 0.676. The summed E-state index contributed by atoms with van der Waals surface area (Å²) in [5, 5.41) is 5.68. The van der Waals surface area contributed by atoms with Crippen LogP contribution in [0, 0.1) is 5.92 Å². The number of unbranched alkanes of at least 4 members (excludes halogenated alkanes) is 1. The number of nitrogens with one attached hydrogen (secondary N) is 2. The number of rotatable bonds is 19. The Morgan fingerprint density at radius 3 is 1.98 bits per heavy atom. The van der Waals surface area contributed by atoms with Crippen LogP contribution in [0.15, 0.2) is 89.8 Å². The first-order chi connectivity index (χ1) is 23.8. The number of benzene rings is 3. The van der Waals surface area contributed by atoms with Gasteiger partial charge in [-0.2, -0.15) is 4.31 Å². The Morgan fingerprint density at radius 2 is 1.44 bits per heavy atom. The number of hydrogen-bond donors (Lipinski definition) is 3. The van der Waals surface area contributed by atoms with E-state index in [0.717, 1.165) is 11.1 Å². The normalized spacial score (nSPS) is 12.9. The van der Waals surface area contributed by atoms with Crippen molar-refractivity contribution in [3.05, 3.63) is 96.1 Å². The van der Waals surface area contributed by atoms with E-state index >= 15 is 0 Å². The number of anilines is 1. The topological polar surface area (TPSA) is 160 Å². The molecule has 4 N–H and O–H groups in total. The molecule has 0 unspecified atom stereocenters. The van der Waals surface area contributed by atoms with Crippen molar-refractivity contribution in [2.45, 2.75) is 56.0 Å². The van der Waals surface area contributed by atoms with E-state index in [1.807, 2.05) is 74.5 Å². The second-order valence-electron chi connectivity index (χ2n) is 12.8. The molecule has 3 aromatic rings. The van der Waals surface area contributed by atoms with Crippen LogP contribution >= 0.6 is 0 Å². The monoisotopic (exact) mass is 709 g/mol. The Hall–Kier alpha value is -4.46. The number of methoxy groups -OCH3 is 1. The van der Waals surface area contributed by atoms with Gasteiger partial charge in [-0.1, -0.05) is 86.6 Å². The van der Waals surface area contributed by atoms with Gasteiger partial charge in [-0.15, -0.1) is 0 Å². The lowest BCUT2D eigenvalue weighted by Crippen LogP contribution is -2.50. The first-order valence-electron chi connectivity index (χ1n) is 16.7. The number of nitrogens with two attached hydrogens (primary N) is 1. The molecular weight excluding hydrogens is 659 g/mol. The minimum absolute atomic E-state index is 0.00642. The molecule has 2 amide bonds. The molecule has 0 radical (unpaired) electrons. The molecule has 12 nitrogen and oxygen atoms in total. The van der Waals surface area contributed by atoms with E-state index in [1.165, 1.54) is 23.5 Å². The lowest BCUT2D eigenvalue weighted by atomic mass is 9.84. The van der Waals surface area contributed by atoms with Gasteiger partial charge in [0, 0.05) is 19.0 Å². The van der Waals surface area contributed by atoms with Crippen LogP contribution in [0.25, 0.3) is 0 Å². The van der Waals surface area contributed by atoms with Crippen molar-refractivity contribution >= 4 is 33.7 Å². The maximum Gasteiger partial charge on any atom is 0.407 e. The maximum absolute atomic E-state index is 14.0. The first-order valence-corrected chi connectivity index (χ1v) is 18.2. The number of alkyl carbamates (subject to hydrolysis) is 1. The van der Waals surface area contributed by atoms with Crippen molar-refractivity contribution in [1.29, 1.82) is 0 Å². The van der Waals surface area contributed by atoms with E-state index in [1.54, 1.807) is 31.1 Å². The fraction of sp³-hybridized carbons (Fsp3) is 0.432. The number of nitrogens with zero attached hydrogens (tertiary/aromatic N) is 2. The number of amides is 2. The number of likely N-dealkylation sites (N-methyl/N-ethyl adjacent to an activating group) is 1. The molecule has 0 saturated heterocycles. The highest BCUT2D eigenvalue weighted by Crippen LogP contribution is 2.29. The summed E-state index contributed by atoms with van der Waals surface area (Å²) in [5.41, 5.74) is 7.92. The van der Waals surface area contributed by atoms with Crippen LogP contribution in [0.2, 0.25) is 0 Å². The first kappa shape index (κ1) is 40.0. The van der Waals surface area contributed by atoms with Crippen LogP contribution in [-0.2, 0) is 29.1 Å². The maximum atomic E-state index is 14.0. The molecule has 0 saturated carbocycles. The van der Waals surface area contributed by atoms with Crippen molar-refractivity contribution in [2.24, 2.45) is 5.92 Å². The Kier molecular flexibility index (Phi) is 15.7. The average Bonchev–Trinajstić information content (AvgIpc) is 3.08. The zero-order chi connectivity index (χ0) is 36.7. The summed E-state index contributed by atoms with van der Waals surface area (Å²) in [4.78, 5) is 40.4. The van der Waals surface area contributed by atoms with Crippen LogP contribution in [0.1, 0.15) is 50.2 Å². The number of hydrogen-bond acceptors (Lipinski definition) is 9. The van der Waals surface area contributed by atoms with E-state index in [-0.39, 0.29) is 42.7 Å². The molecule has 0 aliphatic carbocycles. The van der Waals surface area contributed by atoms with Crippen LogP contribution < -0.4 is 16.4 Å². The van der Waals surface area contributed by atoms with Gasteiger partial charge in [0.2, 0.25) is 15.9 Å². The van der Waals surface area contributed by atoms with Gasteiger partial charge in [0.25, 0.3) is 0 Å². The van der Waals surface area contributed by atoms with Crippen LogP contribution in [0.5, 0.6) is 0 Å². The molecule has 0 aliphatic rings. The van der Waals surface area contributed by atoms with Crippen LogP contribution in [0.3, 0.4) is 0 Å². The summed E-state index contributed by atoms with van der Waals surface area (Å²) in [6, 6.07) is 23.5. The second kappa shape index (κ2) is 19.7. The van der Waals surface area contributed by atoms with Gasteiger partial charge in [-0.3, -0.25) is 14.5 Å². The number of ether oxygens (including phenoxy) is 2. The number of para-hydroxylation sites is 1. The molecule has 2 atom stereocenters. The Labute approximate surface area is 296 Å². The summed E-state index contributed by atoms with van der Waals surface area (Å²) in [5.74, 6) is -1.40. The summed E-state index contributed by atoms with van der Waals surface area (Å²) < 4.78 is 39.9. The van der Waals surface area contributed by atoms with E-state index in [2.05, 4.69) is 10.6 Å². The third-order valence-corrected chi connectivity index (χ3v) is 9.99. The molecule has 0 bridgehead atoms. The molecule has 0 aromatic heterocycles. The SMILES string of the molecule is COC(=O)N[C@H](C(=O)NCCCC[C@@H](COC(=O)CN(C)C)N(CC(C)C)S(=O)(=O)c1ccccc1N)C(c1ccccc1)c1ccccc1. The van der Waals surface area contributed by atoms with Crippen LogP contribution in [-0.4, -0.2) is 95.1 Å². The van der Waals surface area contributed by atoms with Crippen molar-refractivity contribution in [2.75, 3.05) is 53.2 Å². The van der Waals surface area contributed by atoms with Gasteiger partial charge in [-0.25, -0.2) is 13.2 Å². The quantitative estimate of drug-likeness (QED) is 0.0941. The molecule has 0 aliphatic heterocycles. The van der Waals surface area contributed by atoms with Gasteiger partial charge >= 0.3 is 12.1 Å². The minimum Gasteiger partial charge on any atom is -0.463 e. The lowest BCUT2D eigenvalue weighted by Gasteiger charge is -2.32.